The molecule has 3 rings (SSSR count). The first-order valence-electron chi connectivity index (χ1n) is 8.98. The van der Waals surface area contributed by atoms with E-state index in [0.717, 1.165) is 12.8 Å². The summed E-state index contributed by atoms with van der Waals surface area (Å²) in [5, 5.41) is 8.87. The van der Waals surface area contributed by atoms with Gasteiger partial charge in [0.15, 0.2) is 5.76 Å². The first kappa shape index (κ1) is 18.7. The zero-order chi connectivity index (χ0) is 19.2. The van der Waals surface area contributed by atoms with Crippen molar-refractivity contribution in [3.63, 3.8) is 0 Å². The highest BCUT2D eigenvalue weighted by Crippen LogP contribution is 2.14. The van der Waals surface area contributed by atoms with Crippen LogP contribution in [0.25, 0.3) is 0 Å². The molecule has 0 aliphatic carbocycles. The van der Waals surface area contributed by atoms with Crippen molar-refractivity contribution >= 4 is 17.8 Å². The van der Waals surface area contributed by atoms with Gasteiger partial charge in [-0.2, -0.15) is 0 Å². The Bertz CT molecular complexity index is 807. The lowest BCUT2D eigenvalue weighted by atomic mass is 10.1. The summed E-state index contributed by atoms with van der Waals surface area (Å²) in [7, 11) is 0. The van der Waals surface area contributed by atoms with Crippen molar-refractivity contribution in [2.45, 2.75) is 19.3 Å². The van der Waals surface area contributed by atoms with Crippen molar-refractivity contribution in [3.8, 4) is 0 Å². The summed E-state index contributed by atoms with van der Waals surface area (Å²) >= 11 is 0. The number of nitrogens with zero attached hydrogens (tertiary/aromatic N) is 2. The van der Waals surface area contributed by atoms with Gasteiger partial charge in [-0.05, 0) is 30.5 Å². The second-order valence-electron chi connectivity index (χ2n) is 6.48. The maximum absolute atomic E-state index is 12.4. The van der Waals surface area contributed by atoms with Crippen LogP contribution >= 0.6 is 0 Å². The monoisotopic (exact) mass is 370 g/mol. The van der Waals surface area contributed by atoms with E-state index in [1.165, 1.54) is 17.7 Å². The molecule has 27 heavy (non-hydrogen) atoms. The fourth-order valence-corrected chi connectivity index (χ4v) is 3.13. The number of carboxylic acids is 1. The van der Waals surface area contributed by atoms with Crippen LogP contribution in [-0.4, -0.2) is 58.9 Å². The van der Waals surface area contributed by atoms with Crippen molar-refractivity contribution in [1.29, 1.82) is 0 Å². The van der Waals surface area contributed by atoms with Gasteiger partial charge in [0.25, 0.3) is 5.91 Å². The minimum Gasteiger partial charge on any atom is -0.475 e. The van der Waals surface area contributed by atoms with E-state index in [1.807, 2.05) is 18.2 Å². The third kappa shape index (κ3) is 4.75. The average Bonchev–Trinajstić information content (AvgIpc) is 3.19. The van der Waals surface area contributed by atoms with Crippen LogP contribution in [0, 0.1) is 0 Å². The molecule has 1 aliphatic rings. The second kappa shape index (κ2) is 8.53. The highest BCUT2D eigenvalue weighted by molar-refractivity contribution is 5.93. The SMILES string of the molecule is O=C(O)c1ccc(C(=O)N2CCN(C(=O)CCCc3ccccc3)CC2)o1. The molecular formula is C20H22N2O5. The van der Waals surface area contributed by atoms with Gasteiger partial charge in [0.2, 0.25) is 11.7 Å². The van der Waals surface area contributed by atoms with Gasteiger partial charge in [-0.25, -0.2) is 4.79 Å². The van der Waals surface area contributed by atoms with Crippen molar-refractivity contribution in [3.05, 3.63) is 59.5 Å². The third-order valence-corrected chi connectivity index (χ3v) is 4.65. The summed E-state index contributed by atoms with van der Waals surface area (Å²) in [6, 6.07) is 12.7. The summed E-state index contributed by atoms with van der Waals surface area (Å²) in [5.41, 5.74) is 1.22. The molecule has 7 heteroatoms. The number of carbonyl (C=O) groups excluding carboxylic acids is 2. The molecule has 2 heterocycles. The molecule has 1 aromatic heterocycles. The number of amides is 2. The van der Waals surface area contributed by atoms with Gasteiger partial charge in [0.1, 0.15) is 0 Å². The topological polar surface area (TPSA) is 91.1 Å². The van der Waals surface area contributed by atoms with E-state index < -0.39 is 5.97 Å². The third-order valence-electron chi connectivity index (χ3n) is 4.65. The smallest absolute Gasteiger partial charge is 0.371 e. The van der Waals surface area contributed by atoms with Crippen LogP contribution in [0.5, 0.6) is 0 Å². The van der Waals surface area contributed by atoms with Crippen molar-refractivity contribution in [2.24, 2.45) is 0 Å². The second-order valence-corrected chi connectivity index (χ2v) is 6.48. The van der Waals surface area contributed by atoms with Crippen LogP contribution in [0.4, 0.5) is 0 Å². The Balaban J connectivity index is 1.44. The van der Waals surface area contributed by atoms with Gasteiger partial charge in [0.05, 0.1) is 0 Å². The summed E-state index contributed by atoms with van der Waals surface area (Å²) in [5.74, 6) is -1.71. The average molecular weight is 370 g/mol. The maximum atomic E-state index is 12.4. The molecule has 0 saturated carbocycles. The molecule has 0 unspecified atom stereocenters. The number of aromatic carboxylic acids is 1. The molecule has 1 aliphatic heterocycles. The van der Waals surface area contributed by atoms with Crippen molar-refractivity contribution in [2.75, 3.05) is 26.2 Å². The summed E-state index contributed by atoms with van der Waals surface area (Å²) in [6.07, 6.45) is 2.16. The van der Waals surface area contributed by atoms with E-state index in [1.54, 1.807) is 9.80 Å². The van der Waals surface area contributed by atoms with E-state index in [2.05, 4.69) is 12.1 Å². The van der Waals surface area contributed by atoms with E-state index in [4.69, 9.17) is 9.52 Å². The highest BCUT2D eigenvalue weighted by atomic mass is 16.4. The van der Waals surface area contributed by atoms with Crippen LogP contribution in [0.3, 0.4) is 0 Å². The van der Waals surface area contributed by atoms with Crippen LogP contribution in [0.2, 0.25) is 0 Å². The number of hydrogen-bond acceptors (Lipinski definition) is 4. The molecule has 7 nitrogen and oxygen atoms in total. The van der Waals surface area contributed by atoms with Gasteiger partial charge >= 0.3 is 5.97 Å². The first-order chi connectivity index (χ1) is 13.0. The van der Waals surface area contributed by atoms with Gasteiger partial charge in [0, 0.05) is 32.6 Å². The van der Waals surface area contributed by atoms with Crippen molar-refractivity contribution < 1.29 is 23.9 Å². The van der Waals surface area contributed by atoms with E-state index in [9.17, 15) is 14.4 Å². The Hall–Kier alpha value is -3.09. The first-order valence-corrected chi connectivity index (χ1v) is 8.98. The van der Waals surface area contributed by atoms with Gasteiger partial charge in [-0.1, -0.05) is 30.3 Å². The number of hydrogen-bond donors (Lipinski definition) is 1. The maximum Gasteiger partial charge on any atom is 0.371 e. The van der Waals surface area contributed by atoms with Gasteiger partial charge in [-0.15, -0.1) is 0 Å². The number of furan rings is 1. The Kier molecular flexibility index (Phi) is 5.90. The predicted octanol–water partition coefficient (Wildman–Crippen LogP) is 2.29. The molecule has 0 bridgehead atoms. The van der Waals surface area contributed by atoms with Crippen LogP contribution in [-0.2, 0) is 11.2 Å². The zero-order valence-electron chi connectivity index (χ0n) is 15.0. The summed E-state index contributed by atoms with van der Waals surface area (Å²) in [6.45, 7) is 1.77. The molecule has 2 amide bonds. The number of piperazine rings is 1. The highest BCUT2D eigenvalue weighted by Gasteiger charge is 2.26. The molecule has 1 aromatic carbocycles. The molecule has 1 saturated heterocycles. The minimum absolute atomic E-state index is 0.00929. The number of carbonyl (C=O) groups is 3. The molecule has 0 atom stereocenters. The number of benzene rings is 1. The number of aryl methyl sites for hydroxylation is 1. The fourth-order valence-electron chi connectivity index (χ4n) is 3.13. The van der Waals surface area contributed by atoms with Gasteiger partial charge in [-0.3, -0.25) is 9.59 Å². The lowest BCUT2D eigenvalue weighted by Crippen LogP contribution is -2.50. The van der Waals surface area contributed by atoms with E-state index >= 15 is 0 Å². The molecule has 2 aromatic rings. The normalized spacial score (nSPS) is 14.2. The Morgan fingerprint density at radius 2 is 1.52 bits per heavy atom. The number of carboxylic acid groups (broad SMARTS) is 1. The predicted molar refractivity (Wildman–Crippen MR) is 97.5 cm³/mol. The molecule has 0 radical (unpaired) electrons. The Labute approximate surface area is 157 Å². The van der Waals surface area contributed by atoms with E-state index in [0.29, 0.717) is 32.6 Å². The standard InChI is InChI=1S/C20H22N2O5/c23-18(8-4-7-15-5-2-1-3-6-15)21-11-13-22(14-12-21)19(24)16-9-10-17(27-16)20(25)26/h1-3,5-6,9-10H,4,7-8,11-14H2,(H,25,26). The molecule has 0 spiro atoms. The largest absolute Gasteiger partial charge is 0.475 e. The minimum atomic E-state index is -1.21. The Morgan fingerprint density at radius 1 is 0.889 bits per heavy atom. The summed E-state index contributed by atoms with van der Waals surface area (Å²) < 4.78 is 5.06. The van der Waals surface area contributed by atoms with E-state index in [-0.39, 0.29) is 23.3 Å². The quantitative estimate of drug-likeness (QED) is 0.842. The zero-order valence-corrected chi connectivity index (χ0v) is 15.0. The molecule has 1 fully saturated rings. The van der Waals surface area contributed by atoms with Crippen LogP contribution < -0.4 is 0 Å². The molecular weight excluding hydrogens is 348 g/mol. The Morgan fingerprint density at radius 3 is 2.15 bits per heavy atom. The van der Waals surface area contributed by atoms with Gasteiger partial charge < -0.3 is 19.3 Å². The number of rotatable bonds is 6. The van der Waals surface area contributed by atoms with Crippen molar-refractivity contribution in [1.82, 2.24) is 9.80 Å². The lowest BCUT2D eigenvalue weighted by Gasteiger charge is -2.34. The summed E-state index contributed by atoms with van der Waals surface area (Å²) in [4.78, 5) is 38.9. The van der Waals surface area contributed by atoms with Crippen LogP contribution in [0.15, 0.2) is 46.9 Å². The molecule has 142 valence electrons. The lowest BCUT2D eigenvalue weighted by molar-refractivity contribution is -0.132. The van der Waals surface area contributed by atoms with Crippen LogP contribution in [0.1, 0.15) is 39.5 Å². The molecule has 1 N–H and O–H groups in total. The fraction of sp³-hybridized carbons (Fsp3) is 0.350.